The summed E-state index contributed by atoms with van der Waals surface area (Å²) in [4.78, 5) is 11.5. The van der Waals surface area contributed by atoms with Crippen molar-refractivity contribution in [2.24, 2.45) is 0 Å². The SMILES string of the molecule is CC(CCCl)NC(=O)Cc1ccc(F)c(F)c1. The van der Waals surface area contributed by atoms with Gasteiger partial charge >= 0.3 is 0 Å². The van der Waals surface area contributed by atoms with E-state index in [0.29, 0.717) is 17.9 Å². The van der Waals surface area contributed by atoms with Gasteiger partial charge in [0.1, 0.15) is 0 Å². The molecule has 1 rings (SSSR count). The summed E-state index contributed by atoms with van der Waals surface area (Å²) in [6.45, 7) is 1.84. The van der Waals surface area contributed by atoms with Crippen LogP contribution in [0.1, 0.15) is 18.9 Å². The molecule has 2 nitrogen and oxygen atoms in total. The molecule has 0 saturated heterocycles. The molecule has 0 aliphatic rings. The maximum atomic E-state index is 12.9. The third kappa shape index (κ3) is 4.69. The van der Waals surface area contributed by atoms with Crippen LogP contribution in [0.4, 0.5) is 8.78 Å². The first-order valence-electron chi connectivity index (χ1n) is 5.32. The van der Waals surface area contributed by atoms with Crippen molar-refractivity contribution >= 4 is 17.5 Å². The van der Waals surface area contributed by atoms with E-state index >= 15 is 0 Å². The van der Waals surface area contributed by atoms with Crippen LogP contribution in [0.2, 0.25) is 0 Å². The smallest absolute Gasteiger partial charge is 0.224 e. The van der Waals surface area contributed by atoms with Gasteiger partial charge in [-0.2, -0.15) is 0 Å². The molecule has 0 fully saturated rings. The van der Waals surface area contributed by atoms with Gasteiger partial charge in [0.05, 0.1) is 6.42 Å². The average Bonchev–Trinajstić information content (AvgIpc) is 2.23. The van der Waals surface area contributed by atoms with Gasteiger partial charge in [0.25, 0.3) is 0 Å². The number of halogens is 3. The molecular weight excluding hydrogens is 248 g/mol. The van der Waals surface area contributed by atoms with E-state index in [-0.39, 0.29) is 18.4 Å². The van der Waals surface area contributed by atoms with Crippen molar-refractivity contribution in [3.05, 3.63) is 35.4 Å². The third-order valence-corrected chi connectivity index (χ3v) is 2.52. The molecule has 1 atom stereocenters. The molecule has 1 aromatic carbocycles. The van der Waals surface area contributed by atoms with Gasteiger partial charge in [0.15, 0.2) is 11.6 Å². The second-order valence-corrected chi connectivity index (χ2v) is 4.25. The Morgan fingerprint density at radius 1 is 1.41 bits per heavy atom. The van der Waals surface area contributed by atoms with Crippen LogP contribution < -0.4 is 5.32 Å². The lowest BCUT2D eigenvalue weighted by Crippen LogP contribution is -2.33. The van der Waals surface area contributed by atoms with E-state index in [4.69, 9.17) is 11.6 Å². The van der Waals surface area contributed by atoms with Gasteiger partial charge in [-0.15, -0.1) is 11.6 Å². The fourth-order valence-corrected chi connectivity index (χ4v) is 1.72. The largest absolute Gasteiger partial charge is 0.353 e. The molecule has 17 heavy (non-hydrogen) atoms. The number of amides is 1. The van der Waals surface area contributed by atoms with Crippen LogP contribution in [0, 0.1) is 11.6 Å². The molecule has 0 aromatic heterocycles. The lowest BCUT2D eigenvalue weighted by Gasteiger charge is -2.12. The van der Waals surface area contributed by atoms with Crippen LogP contribution in [-0.4, -0.2) is 17.8 Å². The Balaban J connectivity index is 2.53. The lowest BCUT2D eigenvalue weighted by molar-refractivity contribution is -0.121. The lowest BCUT2D eigenvalue weighted by atomic mass is 10.1. The van der Waals surface area contributed by atoms with Gasteiger partial charge in [-0.25, -0.2) is 8.78 Å². The molecule has 1 N–H and O–H groups in total. The standard InChI is InChI=1S/C12H14ClF2NO/c1-8(4-5-13)16-12(17)7-9-2-3-10(14)11(15)6-9/h2-3,6,8H,4-5,7H2,1H3,(H,16,17). The van der Waals surface area contributed by atoms with Gasteiger partial charge in [-0.3, -0.25) is 4.79 Å². The number of alkyl halides is 1. The summed E-state index contributed by atoms with van der Waals surface area (Å²) >= 11 is 5.54. The van der Waals surface area contributed by atoms with E-state index in [1.54, 1.807) is 0 Å². The van der Waals surface area contributed by atoms with Crippen LogP contribution in [-0.2, 0) is 11.2 Å². The Labute approximate surface area is 104 Å². The molecule has 0 bridgehead atoms. The number of carbonyl (C=O) groups is 1. The second-order valence-electron chi connectivity index (χ2n) is 3.87. The van der Waals surface area contributed by atoms with Crippen molar-refractivity contribution in [3.63, 3.8) is 0 Å². The topological polar surface area (TPSA) is 29.1 Å². The predicted molar refractivity (Wildman–Crippen MR) is 63.0 cm³/mol. The summed E-state index contributed by atoms with van der Waals surface area (Å²) in [6.07, 6.45) is 0.703. The van der Waals surface area contributed by atoms with Gasteiger partial charge in [-0.1, -0.05) is 6.07 Å². The van der Waals surface area contributed by atoms with E-state index in [1.165, 1.54) is 6.07 Å². The summed E-state index contributed by atoms with van der Waals surface area (Å²) in [7, 11) is 0. The molecule has 0 radical (unpaired) electrons. The van der Waals surface area contributed by atoms with Crippen molar-refractivity contribution in [2.45, 2.75) is 25.8 Å². The van der Waals surface area contributed by atoms with Crippen molar-refractivity contribution < 1.29 is 13.6 Å². The predicted octanol–water partition coefficient (Wildman–Crippen LogP) is 2.64. The van der Waals surface area contributed by atoms with Crippen molar-refractivity contribution in [3.8, 4) is 0 Å². The van der Waals surface area contributed by atoms with E-state index in [9.17, 15) is 13.6 Å². The number of benzene rings is 1. The van der Waals surface area contributed by atoms with Gasteiger partial charge in [0, 0.05) is 11.9 Å². The molecule has 1 aromatic rings. The Kier molecular flexibility index (Phi) is 5.35. The number of hydrogen-bond acceptors (Lipinski definition) is 1. The molecule has 0 aliphatic carbocycles. The van der Waals surface area contributed by atoms with Crippen LogP contribution >= 0.6 is 11.6 Å². The highest BCUT2D eigenvalue weighted by molar-refractivity contribution is 6.17. The number of rotatable bonds is 5. The zero-order chi connectivity index (χ0) is 12.8. The third-order valence-electron chi connectivity index (χ3n) is 2.30. The molecule has 94 valence electrons. The zero-order valence-corrected chi connectivity index (χ0v) is 10.2. The monoisotopic (exact) mass is 261 g/mol. The maximum absolute atomic E-state index is 12.9. The second kappa shape index (κ2) is 6.55. The highest BCUT2D eigenvalue weighted by Gasteiger charge is 2.09. The van der Waals surface area contributed by atoms with Crippen LogP contribution in [0.25, 0.3) is 0 Å². The Morgan fingerprint density at radius 2 is 2.12 bits per heavy atom. The Hall–Kier alpha value is -1.16. The van der Waals surface area contributed by atoms with Gasteiger partial charge in [0.2, 0.25) is 5.91 Å². The number of carbonyl (C=O) groups excluding carboxylic acids is 1. The summed E-state index contributed by atoms with van der Waals surface area (Å²) in [5.74, 6) is -1.62. The van der Waals surface area contributed by atoms with Gasteiger partial charge in [-0.05, 0) is 31.0 Å². The number of nitrogens with one attached hydrogen (secondary N) is 1. The minimum Gasteiger partial charge on any atom is -0.353 e. The normalized spacial score (nSPS) is 12.2. The van der Waals surface area contributed by atoms with E-state index < -0.39 is 11.6 Å². The molecule has 1 unspecified atom stereocenters. The molecule has 0 aliphatic heterocycles. The van der Waals surface area contributed by atoms with E-state index in [2.05, 4.69) is 5.32 Å². The average molecular weight is 262 g/mol. The van der Waals surface area contributed by atoms with Crippen LogP contribution in [0.3, 0.4) is 0 Å². The highest BCUT2D eigenvalue weighted by Crippen LogP contribution is 2.09. The summed E-state index contributed by atoms with van der Waals surface area (Å²) < 4.78 is 25.5. The fourth-order valence-electron chi connectivity index (χ4n) is 1.40. The van der Waals surface area contributed by atoms with Crippen LogP contribution in [0.15, 0.2) is 18.2 Å². The highest BCUT2D eigenvalue weighted by atomic mass is 35.5. The maximum Gasteiger partial charge on any atom is 0.224 e. The molecule has 0 spiro atoms. The summed E-state index contributed by atoms with van der Waals surface area (Å²) in [6, 6.07) is 3.41. The number of hydrogen-bond donors (Lipinski definition) is 1. The summed E-state index contributed by atoms with van der Waals surface area (Å²) in [5.41, 5.74) is 0.444. The van der Waals surface area contributed by atoms with E-state index in [0.717, 1.165) is 12.1 Å². The Bertz CT molecular complexity index is 398. The van der Waals surface area contributed by atoms with Crippen LogP contribution in [0.5, 0.6) is 0 Å². The van der Waals surface area contributed by atoms with Crippen molar-refractivity contribution in [2.75, 3.05) is 5.88 Å². The van der Waals surface area contributed by atoms with E-state index in [1.807, 2.05) is 6.92 Å². The first-order chi connectivity index (χ1) is 8.02. The molecular formula is C12H14ClF2NO. The quantitative estimate of drug-likeness (QED) is 0.811. The first-order valence-corrected chi connectivity index (χ1v) is 5.85. The zero-order valence-electron chi connectivity index (χ0n) is 9.47. The van der Waals surface area contributed by atoms with Crippen molar-refractivity contribution in [1.29, 1.82) is 0 Å². The first kappa shape index (κ1) is 13.9. The van der Waals surface area contributed by atoms with Crippen molar-refractivity contribution in [1.82, 2.24) is 5.32 Å². The molecule has 0 heterocycles. The minimum atomic E-state index is -0.941. The Morgan fingerprint density at radius 3 is 2.71 bits per heavy atom. The minimum absolute atomic E-state index is 0.0229. The molecule has 1 amide bonds. The molecule has 5 heteroatoms. The van der Waals surface area contributed by atoms with Gasteiger partial charge < -0.3 is 5.32 Å². The molecule has 0 saturated carbocycles. The summed E-state index contributed by atoms with van der Waals surface area (Å²) in [5, 5.41) is 2.72. The fraction of sp³-hybridized carbons (Fsp3) is 0.417.